The Hall–Kier alpha value is -1.05. The van der Waals surface area contributed by atoms with E-state index < -0.39 is 0 Å². The van der Waals surface area contributed by atoms with Crippen molar-refractivity contribution in [3.8, 4) is 0 Å². The summed E-state index contributed by atoms with van der Waals surface area (Å²) in [6, 6.07) is 13.7. The van der Waals surface area contributed by atoms with Gasteiger partial charge in [0.25, 0.3) is 0 Å². The zero-order valence-electron chi connectivity index (χ0n) is 11.2. The molecule has 0 saturated heterocycles. The average Bonchev–Trinajstić information content (AvgIpc) is 2.27. The molecular formula is C16H20ClN. The molecule has 0 spiro atoms. The van der Waals surface area contributed by atoms with Crippen molar-refractivity contribution < 1.29 is 0 Å². The Labute approximate surface area is 115 Å². The molecule has 96 valence electrons. The van der Waals surface area contributed by atoms with Gasteiger partial charge in [0, 0.05) is 11.6 Å². The predicted octanol–water partition coefficient (Wildman–Crippen LogP) is 4.25. The van der Waals surface area contributed by atoms with Gasteiger partial charge in [-0.1, -0.05) is 36.4 Å². The third-order valence-electron chi connectivity index (χ3n) is 3.77. The first-order valence-electron chi connectivity index (χ1n) is 6.35. The highest BCUT2D eigenvalue weighted by molar-refractivity contribution is 5.87. The highest BCUT2D eigenvalue weighted by atomic mass is 35.5. The average molecular weight is 262 g/mol. The van der Waals surface area contributed by atoms with Gasteiger partial charge in [-0.2, -0.15) is 0 Å². The molecule has 2 heteroatoms. The summed E-state index contributed by atoms with van der Waals surface area (Å²) in [7, 11) is 0. The molecule has 1 heterocycles. The van der Waals surface area contributed by atoms with Crippen molar-refractivity contribution in [2.75, 3.05) is 0 Å². The molecule has 0 amide bonds. The molecule has 0 fully saturated rings. The second-order valence-corrected chi connectivity index (χ2v) is 5.78. The Kier molecular flexibility index (Phi) is 3.39. The molecule has 1 atom stereocenters. The predicted molar refractivity (Wildman–Crippen MR) is 80.5 cm³/mol. The van der Waals surface area contributed by atoms with E-state index in [4.69, 9.17) is 0 Å². The molecule has 0 aromatic heterocycles. The van der Waals surface area contributed by atoms with Crippen LogP contribution in [0.3, 0.4) is 0 Å². The number of benzene rings is 2. The Morgan fingerprint density at radius 2 is 1.83 bits per heavy atom. The summed E-state index contributed by atoms with van der Waals surface area (Å²) in [5, 5.41) is 6.46. The Morgan fingerprint density at radius 3 is 2.61 bits per heavy atom. The van der Waals surface area contributed by atoms with Gasteiger partial charge in [0.2, 0.25) is 0 Å². The van der Waals surface area contributed by atoms with Gasteiger partial charge in [-0.25, -0.2) is 0 Å². The first-order chi connectivity index (χ1) is 8.07. The zero-order valence-corrected chi connectivity index (χ0v) is 12.0. The quantitative estimate of drug-likeness (QED) is 0.748. The number of rotatable bonds is 0. The van der Waals surface area contributed by atoms with Crippen molar-refractivity contribution in [1.29, 1.82) is 0 Å². The fourth-order valence-corrected chi connectivity index (χ4v) is 3.11. The van der Waals surface area contributed by atoms with Crippen LogP contribution in [0.2, 0.25) is 0 Å². The van der Waals surface area contributed by atoms with E-state index in [9.17, 15) is 0 Å². The van der Waals surface area contributed by atoms with E-state index in [1.807, 2.05) is 0 Å². The molecule has 0 radical (unpaired) electrons. The standard InChI is InChI=1S/C16H19N.ClH/c1-11-13-9-8-12-6-4-5-7-14(12)15(13)10-16(2,3)17-11;/h4-9,11,17H,10H2,1-3H3;1H. The monoisotopic (exact) mass is 261 g/mol. The maximum Gasteiger partial charge on any atom is 0.0299 e. The first kappa shape index (κ1) is 13.4. The highest BCUT2D eigenvalue weighted by Crippen LogP contribution is 2.34. The first-order valence-corrected chi connectivity index (χ1v) is 6.35. The van der Waals surface area contributed by atoms with Crippen LogP contribution in [0.4, 0.5) is 0 Å². The summed E-state index contributed by atoms with van der Waals surface area (Å²) in [4.78, 5) is 0. The van der Waals surface area contributed by atoms with Crippen LogP contribution in [0, 0.1) is 0 Å². The molecule has 1 unspecified atom stereocenters. The van der Waals surface area contributed by atoms with Crippen molar-refractivity contribution >= 4 is 23.2 Å². The Morgan fingerprint density at radius 1 is 1.11 bits per heavy atom. The smallest absolute Gasteiger partial charge is 0.0299 e. The summed E-state index contributed by atoms with van der Waals surface area (Å²) in [6.07, 6.45) is 1.11. The molecule has 2 aromatic carbocycles. The molecule has 0 saturated carbocycles. The summed E-state index contributed by atoms with van der Waals surface area (Å²) in [6.45, 7) is 6.83. The Bertz CT molecular complexity index is 574. The lowest BCUT2D eigenvalue weighted by atomic mass is 9.82. The van der Waals surface area contributed by atoms with Crippen LogP contribution in [0.25, 0.3) is 10.8 Å². The summed E-state index contributed by atoms with van der Waals surface area (Å²) in [5.41, 5.74) is 3.18. The van der Waals surface area contributed by atoms with Gasteiger partial charge in [0.05, 0.1) is 0 Å². The summed E-state index contributed by atoms with van der Waals surface area (Å²) < 4.78 is 0. The van der Waals surface area contributed by atoms with Gasteiger partial charge in [-0.05, 0) is 49.1 Å². The van der Waals surface area contributed by atoms with E-state index in [1.54, 1.807) is 0 Å². The van der Waals surface area contributed by atoms with E-state index >= 15 is 0 Å². The van der Waals surface area contributed by atoms with Crippen LogP contribution in [0.15, 0.2) is 36.4 Å². The number of nitrogens with one attached hydrogen (secondary N) is 1. The van der Waals surface area contributed by atoms with Gasteiger partial charge in [-0.3, -0.25) is 0 Å². The van der Waals surface area contributed by atoms with Crippen molar-refractivity contribution in [2.45, 2.75) is 38.8 Å². The van der Waals surface area contributed by atoms with Gasteiger partial charge in [-0.15, -0.1) is 12.4 Å². The Balaban J connectivity index is 0.00000120. The number of hydrogen-bond acceptors (Lipinski definition) is 1. The second kappa shape index (κ2) is 4.56. The molecule has 2 aromatic rings. The van der Waals surface area contributed by atoms with Crippen molar-refractivity contribution in [3.63, 3.8) is 0 Å². The topological polar surface area (TPSA) is 12.0 Å². The fraction of sp³-hybridized carbons (Fsp3) is 0.375. The molecule has 0 bridgehead atoms. The minimum Gasteiger partial charge on any atom is -0.305 e. The molecule has 1 aliphatic heterocycles. The fourth-order valence-electron chi connectivity index (χ4n) is 3.11. The van der Waals surface area contributed by atoms with Gasteiger partial charge < -0.3 is 5.32 Å². The van der Waals surface area contributed by atoms with E-state index in [0.29, 0.717) is 6.04 Å². The van der Waals surface area contributed by atoms with Crippen molar-refractivity contribution in [1.82, 2.24) is 5.32 Å². The zero-order chi connectivity index (χ0) is 12.0. The third kappa shape index (κ3) is 2.13. The molecule has 3 rings (SSSR count). The van der Waals surface area contributed by atoms with E-state index in [0.717, 1.165) is 6.42 Å². The van der Waals surface area contributed by atoms with Crippen LogP contribution in [-0.2, 0) is 6.42 Å². The molecule has 1 nitrogen and oxygen atoms in total. The lowest BCUT2D eigenvalue weighted by molar-refractivity contribution is 0.323. The van der Waals surface area contributed by atoms with Crippen LogP contribution in [0.1, 0.15) is 37.9 Å². The van der Waals surface area contributed by atoms with Crippen molar-refractivity contribution in [3.05, 3.63) is 47.5 Å². The summed E-state index contributed by atoms with van der Waals surface area (Å²) >= 11 is 0. The molecule has 0 aliphatic carbocycles. The SMILES string of the molecule is CC1NC(C)(C)Cc2c1ccc1ccccc21.Cl. The second-order valence-electron chi connectivity index (χ2n) is 5.78. The molecule has 1 aliphatic rings. The molecular weight excluding hydrogens is 242 g/mol. The van der Waals surface area contributed by atoms with Crippen LogP contribution < -0.4 is 5.32 Å². The maximum atomic E-state index is 3.68. The van der Waals surface area contributed by atoms with Gasteiger partial charge in [0.15, 0.2) is 0 Å². The number of fused-ring (bicyclic) bond motifs is 3. The van der Waals surface area contributed by atoms with E-state index in [2.05, 4.69) is 62.5 Å². The van der Waals surface area contributed by atoms with Crippen molar-refractivity contribution in [2.24, 2.45) is 0 Å². The minimum absolute atomic E-state index is 0. The van der Waals surface area contributed by atoms with Gasteiger partial charge >= 0.3 is 0 Å². The maximum absolute atomic E-state index is 3.68. The number of hydrogen-bond donors (Lipinski definition) is 1. The summed E-state index contributed by atoms with van der Waals surface area (Å²) in [5.74, 6) is 0. The third-order valence-corrected chi connectivity index (χ3v) is 3.77. The normalized spacial score (nSPS) is 21.2. The molecule has 18 heavy (non-hydrogen) atoms. The molecule has 1 N–H and O–H groups in total. The minimum atomic E-state index is 0. The highest BCUT2D eigenvalue weighted by Gasteiger charge is 2.29. The van der Waals surface area contributed by atoms with E-state index in [-0.39, 0.29) is 17.9 Å². The van der Waals surface area contributed by atoms with Gasteiger partial charge in [0.1, 0.15) is 0 Å². The lowest BCUT2D eigenvalue weighted by Gasteiger charge is -2.38. The van der Waals surface area contributed by atoms with E-state index in [1.165, 1.54) is 21.9 Å². The van der Waals surface area contributed by atoms with Crippen LogP contribution in [0.5, 0.6) is 0 Å². The van der Waals surface area contributed by atoms with Crippen LogP contribution >= 0.6 is 12.4 Å². The largest absolute Gasteiger partial charge is 0.305 e. The number of halogens is 1. The van der Waals surface area contributed by atoms with Crippen LogP contribution in [-0.4, -0.2) is 5.54 Å². The lowest BCUT2D eigenvalue weighted by Crippen LogP contribution is -2.46.